The van der Waals surface area contributed by atoms with Crippen molar-refractivity contribution in [2.24, 2.45) is 11.8 Å². The maximum Gasteiger partial charge on any atom is 0.0468 e. The monoisotopic (exact) mass is 185 g/mol. The van der Waals surface area contributed by atoms with E-state index < -0.39 is 0 Å². The summed E-state index contributed by atoms with van der Waals surface area (Å²) in [4.78, 5) is 0. The van der Waals surface area contributed by atoms with Crippen LogP contribution in [0.5, 0.6) is 0 Å². The second-order valence-corrected chi connectivity index (χ2v) is 4.35. The van der Waals surface area contributed by atoms with Gasteiger partial charge in [0.1, 0.15) is 0 Å². The lowest BCUT2D eigenvalue weighted by Crippen LogP contribution is -2.31. The van der Waals surface area contributed by atoms with Gasteiger partial charge in [-0.05, 0) is 45.1 Å². The summed E-state index contributed by atoms with van der Waals surface area (Å²) in [6.45, 7) is 6.57. The standard InChI is InChI=1S/C11H23NO/c1-9(10(2)12-3)8-11-4-6-13-7-5-11/h9-12H,4-8H2,1-3H3. The predicted octanol–water partition coefficient (Wildman–Crippen LogP) is 2.05. The zero-order valence-corrected chi connectivity index (χ0v) is 9.18. The zero-order chi connectivity index (χ0) is 9.68. The van der Waals surface area contributed by atoms with Gasteiger partial charge in [-0.25, -0.2) is 0 Å². The minimum Gasteiger partial charge on any atom is -0.381 e. The van der Waals surface area contributed by atoms with E-state index in [4.69, 9.17) is 4.74 Å². The molecule has 0 aromatic carbocycles. The smallest absolute Gasteiger partial charge is 0.0468 e. The molecule has 0 aromatic heterocycles. The van der Waals surface area contributed by atoms with Gasteiger partial charge in [0, 0.05) is 19.3 Å². The van der Waals surface area contributed by atoms with E-state index in [1.54, 1.807) is 0 Å². The summed E-state index contributed by atoms with van der Waals surface area (Å²) >= 11 is 0. The maximum atomic E-state index is 5.35. The first-order valence-electron chi connectivity index (χ1n) is 5.49. The Bertz CT molecular complexity index is 132. The van der Waals surface area contributed by atoms with E-state index in [9.17, 15) is 0 Å². The minimum absolute atomic E-state index is 0.642. The molecular formula is C11H23NO. The second-order valence-electron chi connectivity index (χ2n) is 4.35. The third-order valence-corrected chi connectivity index (χ3v) is 3.35. The lowest BCUT2D eigenvalue weighted by Gasteiger charge is -2.27. The summed E-state index contributed by atoms with van der Waals surface area (Å²) in [6, 6.07) is 0.642. The van der Waals surface area contributed by atoms with Crippen molar-refractivity contribution in [1.29, 1.82) is 0 Å². The fourth-order valence-electron chi connectivity index (χ4n) is 2.00. The topological polar surface area (TPSA) is 21.3 Å². The van der Waals surface area contributed by atoms with Crippen LogP contribution in [0.1, 0.15) is 33.1 Å². The first-order valence-corrected chi connectivity index (χ1v) is 5.49. The number of ether oxygens (including phenoxy) is 1. The fourth-order valence-corrected chi connectivity index (χ4v) is 2.00. The normalized spacial score (nSPS) is 24.2. The van der Waals surface area contributed by atoms with Crippen molar-refractivity contribution in [3.63, 3.8) is 0 Å². The molecule has 0 spiro atoms. The van der Waals surface area contributed by atoms with Crippen LogP contribution in [0.25, 0.3) is 0 Å². The molecule has 1 N–H and O–H groups in total. The molecule has 2 unspecified atom stereocenters. The van der Waals surface area contributed by atoms with E-state index in [0.29, 0.717) is 6.04 Å². The van der Waals surface area contributed by atoms with Crippen molar-refractivity contribution >= 4 is 0 Å². The van der Waals surface area contributed by atoms with E-state index >= 15 is 0 Å². The first kappa shape index (κ1) is 11.0. The minimum atomic E-state index is 0.642. The average Bonchev–Trinajstić information content (AvgIpc) is 2.18. The number of hydrogen-bond donors (Lipinski definition) is 1. The summed E-state index contributed by atoms with van der Waals surface area (Å²) in [7, 11) is 2.05. The Hall–Kier alpha value is -0.0800. The summed E-state index contributed by atoms with van der Waals surface area (Å²) in [5, 5.41) is 3.32. The van der Waals surface area contributed by atoms with Crippen molar-refractivity contribution in [2.75, 3.05) is 20.3 Å². The molecule has 0 amide bonds. The van der Waals surface area contributed by atoms with Gasteiger partial charge >= 0.3 is 0 Å². The van der Waals surface area contributed by atoms with E-state index in [1.165, 1.54) is 19.3 Å². The van der Waals surface area contributed by atoms with E-state index in [1.807, 2.05) is 7.05 Å². The summed E-state index contributed by atoms with van der Waals surface area (Å²) in [5.74, 6) is 1.69. The molecule has 13 heavy (non-hydrogen) atoms. The lowest BCUT2D eigenvalue weighted by molar-refractivity contribution is 0.0578. The summed E-state index contributed by atoms with van der Waals surface area (Å²) in [5.41, 5.74) is 0. The molecule has 0 saturated carbocycles. The van der Waals surface area contributed by atoms with Gasteiger partial charge < -0.3 is 10.1 Å². The maximum absolute atomic E-state index is 5.35. The van der Waals surface area contributed by atoms with Crippen LogP contribution in [0.4, 0.5) is 0 Å². The van der Waals surface area contributed by atoms with Gasteiger partial charge in [0.05, 0.1) is 0 Å². The van der Waals surface area contributed by atoms with E-state index in [0.717, 1.165) is 25.0 Å². The highest BCUT2D eigenvalue weighted by Crippen LogP contribution is 2.24. The highest BCUT2D eigenvalue weighted by Gasteiger charge is 2.19. The van der Waals surface area contributed by atoms with Gasteiger partial charge in [0.15, 0.2) is 0 Å². The third kappa shape index (κ3) is 3.65. The van der Waals surface area contributed by atoms with E-state index in [-0.39, 0.29) is 0 Å². The molecule has 2 heteroatoms. The molecule has 1 aliphatic heterocycles. The second kappa shape index (κ2) is 5.61. The molecule has 1 fully saturated rings. The Balaban J connectivity index is 2.21. The summed E-state index contributed by atoms with van der Waals surface area (Å²) < 4.78 is 5.35. The summed E-state index contributed by atoms with van der Waals surface area (Å²) in [6.07, 6.45) is 3.88. The SMILES string of the molecule is CNC(C)C(C)CC1CCOCC1. The highest BCUT2D eigenvalue weighted by atomic mass is 16.5. The van der Waals surface area contributed by atoms with E-state index in [2.05, 4.69) is 19.2 Å². The third-order valence-electron chi connectivity index (χ3n) is 3.35. The van der Waals surface area contributed by atoms with Crippen LogP contribution < -0.4 is 5.32 Å². The van der Waals surface area contributed by atoms with Gasteiger partial charge in [0.25, 0.3) is 0 Å². The van der Waals surface area contributed by atoms with Crippen LogP contribution in [0.2, 0.25) is 0 Å². The quantitative estimate of drug-likeness (QED) is 0.723. The van der Waals surface area contributed by atoms with Crippen molar-refractivity contribution in [1.82, 2.24) is 5.32 Å². The Morgan fingerprint density at radius 2 is 1.92 bits per heavy atom. The van der Waals surface area contributed by atoms with Crippen molar-refractivity contribution in [2.45, 2.75) is 39.2 Å². The Morgan fingerprint density at radius 1 is 1.31 bits per heavy atom. The molecule has 1 rings (SSSR count). The van der Waals surface area contributed by atoms with Crippen LogP contribution in [0.3, 0.4) is 0 Å². The van der Waals surface area contributed by atoms with Gasteiger partial charge in [-0.1, -0.05) is 6.92 Å². The van der Waals surface area contributed by atoms with Crippen molar-refractivity contribution in [3.05, 3.63) is 0 Å². The predicted molar refractivity (Wildman–Crippen MR) is 55.8 cm³/mol. The number of nitrogens with one attached hydrogen (secondary N) is 1. The Labute approximate surface area is 82.0 Å². The molecule has 2 atom stereocenters. The molecule has 2 nitrogen and oxygen atoms in total. The number of hydrogen-bond acceptors (Lipinski definition) is 2. The van der Waals surface area contributed by atoms with Gasteiger partial charge in [0.2, 0.25) is 0 Å². The average molecular weight is 185 g/mol. The van der Waals surface area contributed by atoms with Gasteiger partial charge in [-0.3, -0.25) is 0 Å². The zero-order valence-electron chi connectivity index (χ0n) is 9.18. The lowest BCUT2D eigenvalue weighted by atomic mass is 9.87. The van der Waals surface area contributed by atoms with Crippen molar-refractivity contribution < 1.29 is 4.74 Å². The number of rotatable bonds is 4. The largest absolute Gasteiger partial charge is 0.381 e. The Kier molecular flexibility index (Phi) is 4.74. The van der Waals surface area contributed by atoms with Crippen LogP contribution >= 0.6 is 0 Å². The van der Waals surface area contributed by atoms with Crippen molar-refractivity contribution in [3.8, 4) is 0 Å². The van der Waals surface area contributed by atoms with Crippen LogP contribution in [0.15, 0.2) is 0 Å². The highest BCUT2D eigenvalue weighted by molar-refractivity contribution is 4.72. The molecule has 0 radical (unpaired) electrons. The molecular weight excluding hydrogens is 162 g/mol. The fraction of sp³-hybridized carbons (Fsp3) is 1.00. The molecule has 1 saturated heterocycles. The molecule has 0 aliphatic carbocycles. The molecule has 0 aromatic rings. The first-order chi connectivity index (χ1) is 6.24. The van der Waals surface area contributed by atoms with Gasteiger partial charge in [-0.15, -0.1) is 0 Å². The molecule has 1 heterocycles. The Morgan fingerprint density at radius 3 is 2.46 bits per heavy atom. The van der Waals surface area contributed by atoms with Crippen LogP contribution in [0, 0.1) is 11.8 Å². The molecule has 0 bridgehead atoms. The van der Waals surface area contributed by atoms with Gasteiger partial charge in [-0.2, -0.15) is 0 Å². The molecule has 78 valence electrons. The van der Waals surface area contributed by atoms with Crippen LogP contribution in [-0.4, -0.2) is 26.3 Å². The molecule has 1 aliphatic rings. The van der Waals surface area contributed by atoms with Crippen LogP contribution in [-0.2, 0) is 4.74 Å².